The first-order valence-corrected chi connectivity index (χ1v) is 11.3. The van der Waals surface area contributed by atoms with Gasteiger partial charge in [-0.2, -0.15) is 10.3 Å². The molecule has 0 amide bonds. The van der Waals surface area contributed by atoms with Gasteiger partial charge >= 0.3 is 5.69 Å². The number of tetrazole rings is 1. The Morgan fingerprint density at radius 2 is 1.73 bits per heavy atom. The van der Waals surface area contributed by atoms with Gasteiger partial charge < -0.3 is 0 Å². The smallest absolute Gasteiger partial charge is 0.274 e. The third-order valence-electron chi connectivity index (χ3n) is 5.61. The summed E-state index contributed by atoms with van der Waals surface area (Å²) in [7, 11) is 0. The van der Waals surface area contributed by atoms with Gasteiger partial charge in [-0.1, -0.05) is 77.1 Å². The maximum absolute atomic E-state index is 13.1. The van der Waals surface area contributed by atoms with E-state index in [2.05, 4.69) is 85.6 Å². The summed E-state index contributed by atoms with van der Waals surface area (Å²) in [6, 6.07) is 16.3. The van der Waals surface area contributed by atoms with Gasteiger partial charge in [0.15, 0.2) is 0 Å². The highest BCUT2D eigenvalue weighted by Crippen LogP contribution is 2.25. The number of aromatic nitrogens is 7. The highest BCUT2D eigenvalue weighted by atomic mass is 16.2. The zero-order chi connectivity index (χ0) is 23.6. The van der Waals surface area contributed by atoms with Gasteiger partial charge in [0.2, 0.25) is 5.82 Å². The van der Waals surface area contributed by atoms with Gasteiger partial charge in [-0.15, -0.1) is 10.2 Å². The standard InChI is InChI=1S/C25H31N7O/c1-17(2)13-14-32-24(33)31(23(28-32)25(3,4)5)16-18-9-11-19(12-10-18)20-7-6-8-21(15-20)22-26-29-30-27-22/h6-12,15,17H,13-14,16H2,1-5H3,(H,26,27,29,30). The molecule has 2 aromatic carbocycles. The van der Waals surface area contributed by atoms with Crippen LogP contribution >= 0.6 is 0 Å². The average Bonchev–Trinajstić information content (AvgIpc) is 3.42. The van der Waals surface area contributed by atoms with E-state index in [0.717, 1.165) is 34.5 Å². The van der Waals surface area contributed by atoms with E-state index in [1.165, 1.54) is 0 Å². The van der Waals surface area contributed by atoms with Crippen molar-refractivity contribution in [3.63, 3.8) is 0 Å². The van der Waals surface area contributed by atoms with E-state index >= 15 is 0 Å². The Morgan fingerprint density at radius 3 is 2.36 bits per heavy atom. The monoisotopic (exact) mass is 445 g/mol. The van der Waals surface area contributed by atoms with Crippen molar-refractivity contribution in [2.75, 3.05) is 0 Å². The quantitative estimate of drug-likeness (QED) is 0.458. The minimum atomic E-state index is -0.224. The molecule has 4 rings (SSSR count). The second-order valence-electron chi connectivity index (χ2n) is 9.86. The zero-order valence-electron chi connectivity index (χ0n) is 19.9. The lowest BCUT2D eigenvalue weighted by Crippen LogP contribution is -2.28. The van der Waals surface area contributed by atoms with Crippen molar-refractivity contribution in [2.24, 2.45) is 5.92 Å². The molecule has 0 atom stereocenters. The van der Waals surface area contributed by atoms with Crippen LogP contribution in [0, 0.1) is 5.92 Å². The van der Waals surface area contributed by atoms with Crippen molar-refractivity contribution in [2.45, 2.75) is 59.5 Å². The third kappa shape index (κ3) is 5.10. The van der Waals surface area contributed by atoms with Crippen molar-refractivity contribution in [3.8, 4) is 22.5 Å². The molecule has 0 saturated carbocycles. The first kappa shape index (κ1) is 22.6. The van der Waals surface area contributed by atoms with Crippen LogP contribution in [0.1, 0.15) is 52.4 Å². The van der Waals surface area contributed by atoms with Gasteiger partial charge in [-0.3, -0.25) is 4.57 Å². The van der Waals surface area contributed by atoms with Crippen molar-refractivity contribution < 1.29 is 0 Å². The van der Waals surface area contributed by atoms with Crippen LogP contribution in [0.2, 0.25) is 0 Å². The van der Waals surface area contributed by atoms with Gasteiger partial charge in [-0.25, -0.2) is 9.48 Å². The number of benzene rings is 2. The molecule has 0 fully saturated rings. The first-order valence-electron chi connectivity index (χ1n) is 11.3. The van der Waals surface area contributed by atoms with Crippen LogP contribution in [0.3, 0.4) is 0 Å². The lowest BCUT2D eigenvalue weighted by atomic mass is 9.95. The second-order valence-corrected chi connectivity index (χ2v) is 9.86. The Kier molecular flexibility index (Phi) is 6.26. The van der Waals surface area contributed by atoms with E-state index in [9.17, 15) is 4.79 Å². The molecule has 0 aliphatic heterocycles. The Labute approximate surface area is 193 Å². The summed E-state index contributed by atoms with van der Waals surface area (Å²) in [5.41, 5.74) is 3.85. The van der Waals surface area contributed by atoms with Crippen LogP contribution in [0.5, 0.6) is 0 Å². The Balaban J connectivity index is 1.60. The number of rotatable bonds is 7. The summed E-state index contributed by atoms with van der Waals surface area (Å²) >= 11 is 0. The number of nitrogens with zero attached hydrogens (tertiary/aromatic N) is 6. The van der Waals surface area contributed by atoms with Crippen LogP contribution < -0.4 is 5.69 Å². The van der Waals surface area contributed by atoms with Crippen LogP contribution in [-0.2, 0) is 18.5 Å². The molecule has 0 spiro atoms. The molecule has 0 radical (unpaired) electrons. The molecule has 8 nitrogen and oxygen atoms in total. The molecule has 0 unspecified atom stereocenters. The molecule has 33 heavy (non-hydrogen) atoms. The minimum absolute atomic E-state index is 0.0440. The van der Waals surface area contributed by atoms with E-state index < -0.39 is 0 Å². The highest BCUT2D eigenvalue weighted by Gasteiger charge is 2.25. The van der Waals surface area contributed by atoms with Crippen molar-refractivity contribution >= 4 is 0 Å². The molecule has 0 aliphatic rings. The minimum Gasteiger partial charge on any atom is -0.274 e. The normalized spacial score (nSPS) is 11.9. The fourth-order valence-electron chi connectivity index (χ4n) is 3.77. The van der Waals surface area contributed by atoms with Gasteiger partial charge in [-0.05, 0) is 40.3 Å². The van der Waals surface area contributed by atoms with Crippen molar-refractivity contribution in [1.29, 1.82) is 0 Å². The number of H-pyrrole nitrogens is 1. The SMILES string of the molecule is CC(C)CCn1nc(C(C)(C)C)n(Cc2ccc(-c3cccc(-c4nn[nH]n4)c3)cc2)c1=O. The largest absolute Gasteiger partial charge is 0.346 e. The molecular weight excluding hydrogens is 414 g/mol. The van der Waals surface area contributed by atoms with Crippen LogP contribution in [0.4, 0.5) is 0 Å². The van der Waals surface area contributed by atoms with Crippen molar-refractivity contribution in [1.82, 2.24) is 35.0 Å². The van der Waals surface area contributed by atoms with Crippen LogP contribution in [0.15, 0.2) is 53.3 Å². The lowest BCUT2D eigenvalue weighted by molar-refractivity contribution is 0.465. The molecule has 8 heteroatoms. The summed E-state index contributed by atoms with van der Waals surface area (Å²) in [4.78, 5) is 13.1. The van der Waals surface area contributed by atoms with Crippen LogP contribution in [-0.4, -0.2) is 35.0 Å². The molecule has 0 bridgehead atoms. The second kappa shape index (κ2) is 9.13. The van der Waals surface area contributed by atoms with Crippen LogP contribution in [0.25, 0.3) is 22.5 Å². The van der Waals surface area contributed by atoms with Gasteiger partial charge in [0.25, 0.3) is 0 Å². The van der Waals surface area contributed by atoms with E-state index in [0.29, 0.717) is 24.8 Å². The molecule has 2 aromatic heterocycles. The maximum Gasteiger partial charge on any atom is 0.346 e. The third-order valence-corrected chi connectivity index (χ3v) is 5.61. The predicted molar refractivity (Wildman–Crippen MR) is 129 cm³/mol. The van der Waals surface area contributed by atoms with E-state index in [-0.39, 0.29) is 11.1 Å². The number of nitrogens with one attached hydrogen (secondary N) is 1. The molecule has 0 aliphatic carbocycles. The van der Waals surface area contributed by atoms with Gasteiger partial charge in [0.1, 0.15) is 5.82 Å². The summed E-state index contributed by atoms with van der Waals surface area (Å²) < 4.78 is 3.44. The average molecular weight is 446 g/mol. The highest BCUT2D eigenvalue weighted by molar-refractivity contribution is 5.70. The summed E-state index contributed by atoms with van der Waals surface area (Å²) in [6.45, 7) is 11.7. The molecule has 0 saturated heterocycles. The lowest BCUT2D eigenvalue weighted by Gasteiger charge is -2.18. The topological polar surface area (TPSA) is 94.3 Å². The molecule has 2 heterocycles. The zero-order valence-corrected chi connectivity index (χ0v) is 19.9. The van der Waals surface area contributed by atoms with Crippen molar-refractivity contribution in [3.05, 3.63) is 70.4 Å². The van der Waals surface area contributed by atoms with Gasteiger partial charge in [0, 0.05) is 17.5 Å². The first-order chi connectivity index (χ1) is 15.7. The fourth-order valence-corrected chi connectivity index (χ4v) is 3.77. The Morgan fingerprint density at radius 1 is 1.00 bits per heavy atom. The van der Waals surface area contributed by atoms with E-state index in [4.69, 9.17) is 5.10 Å². The molecular formula is C25H31N7O. The summed E-state index contributed by atoms with van der Waals surface area (Å²) in [6.07, 6.45) is 0.929. The Hall–Kier alpha value is -3.55. The van der Waals surface area contributed by atoms with E-state index in [1.807, 2.05) is 22.8 Å². The number of hydrogen-bond donors (Lipinski definition) is 1. The summed E-state index contributed by atoms with van der Waals surface area (Å²) in [5.74, 6) is 1.90. The number of hydrogen-bond acceptors (Lipinski definition) is 5. The van der Waals surface area contributed by atoms with Gasteiger partial charge in [0.05, 0.1) is 6.54 Å². The number of aryl methyl sites for hydroxylation is 1. The van der Waals surface area contributed by atoms with E-state index in [1.54, 1.807) is 4.68 Å². The number of aromatic amines is 1. The maximum atomic E-state index is 13.1. The molecule has 4 aromatic rings. The molecule has 172 valence electrons. The molecule has 1 N–H and O–H groups in total. The predicted octanol–water partition coefficient (Wildman–Crippen LogP) is 4.28. The Bertz CT molecular complexity index is 1260. The fraction of sp³-hybridized carbons (Fsp3) is 0.400. The summed E-state index contributed by atoms with van der Waals surface area (Å²) in [5, 5.41) is 18.9.